The van der Waals surface area contributed by atoms with Crippen LogP contribution in [0.3, 0.4) is 0 Å². The Morgan fingerprint density at radius 1 is 1.13 bits per heavy atom. The van der Waals surface area contributed by atoms with Crippen molar-refractivity contribution in [3.63, 3.8) is 0 Å². The van der Waals surface area contributed by atoms with Crippen molar-refractivity contribution in [2.45, 2.75) is 11.8 Å². The molecule has 1 aliphatic heterocycles. The average Bonchev–Trinajstić information content (AvgIpc) is 3.03. The van der Waals surface area contributed by atoms with Gasteiger partial charge in [-0.05, 0) is 56.4 Å². The van der Waals surface area contributed by atoms with E-state index in [1.165, 1.54) is 11.8 Å². The molecule has 1 unspecified atom stereocenters. The lowest BCUT2D eigenvalue weighted by molar-refractivity contribution is -0.122. The number of benzene rings is 1. The molecule has 0 fully saturated rings. The third-order valence-corrected chi connectivity index (χ3v) is 6.28. The van der Waals surface area contributed by atoms with Gasteiger partial charge in [-0.3, -0.25) is 9.78 Å². The van der Waals surface area contributed by atoms with Gasteiger partial charge in [0.25, 0.3) is 0 Å². The Morgan fingerprint density at radius 2 is 1.87 bits per heavy atom. The Hall–Kier alpha value is -2.82. The highest BCUT2D eigenvalue weighted by molar-refractivity contribution is 8.03. The zero-order valence-corrected chi connectivity index (χ0v) is 18.7. The lowest BCUT2D eigenvalue weighted by Gasteiger charge is -2.28. The number of nitrogens with one attached hydrogen (secondary N) is 1. The molecule has 1 aromatic heterocycles. The first-order valence-electron chi connectivity index (χ1n) is 9.83. The Labute approximate surface area is 182 Å². The first kappa shape index (κ1) is 21.9. The van der Waals surface area contributed by atoms with Gasteiger partial charge in [-0.25, -0.2) is 0 Å². The quantitative estimate of drug-likeness (QED) is 0.661. The molecule has 156 valence electrons. The maximum Gasteiger partial charge on any atom is 0.245 e. The fourth-order valence-electron chi connectivity index (χ4n) is 3.65. The highest BCUT2D eigenvalue weighted by atomic mass is 32.2. The minimum absolute atomic E-state index is 0.209. The summed E-state index contributed by atoms with van der Waals surface area (Å²) in [6, 6.07) is 13.8. The molecule has 6 nitrogen and oxygen atoms in total. The van der Waals surface area contributed by atoms with Crippen LogP contribution < -0.4 is 10.2 Å². The number of rotatable bonds is 8. The van der Waals surface area contributed by atoms with E-state index in [1.54, 1.807) is 18.5 Å². The predicted molar refractivity (Wildman–Crippen MR) is 122 cm³/mol. The van der Waals surface area contributed by atoms with Crippen LogP contribution in [0.15, 0.2) is 59.4 Å². The Balaban J connectivity index is 2.09. The number of thioether (sulfide) groups is 1. The fourth-order valence-corrected chi connectivity index (χ4v) is 4.64. The van der Waals surface area contributed by atoms with E-state index in [0.717, 1.165) is 30.0 Å². The molecule has 2 aromatic rings. The van der Waals surface area contributed by atoms with Gasteiger partial charge < -0.3 is 15.1 Å². The summed E-state index contributed by atoms with van der Waals surface area (Å²) in [5.74, 6) is 0.613. The van der Waals surface area contributed by atoms with E-state index in [0.29, 0.717) is 16.2 Å². The van der Waals surface area contributed by atoms with Gasteiger partial charge in [0, 0.05) is 37.9 Å². The molecule has 3 rings (SSSR count). The Morgan fingerprint density at radius 3 is 2.43 bits per heavy atom. The second-order valence-electron chi connectivity index (χ2n) is 7.71. The molecule has 0 spiro atoms. The summed E-state index contributed by atoms with van der Waals surface area (Å²) < 4.78 is 0. The molecular formula is C23H27N5OS. The summed E-state index contributed by atoms with van der Waals surface area (Å²) in [6.45, 7) is 0.954. The van der Waals surface area contributed by atoms with Crippen LogP contribution in [0.1, 0.15) is 17.5 Å². The van der Waals surface area contributed by atoms with Crippen LogP contribution in [0.5, 0.6) is 0 Å². The molecule has 1 atom stereocenters. The van der Waals surface area contributed by atoms with E-state index < -0.39 is 5.41 Å². The number of nitrogens with zero attached hydrogens (tertiary/aromatic N) is 4. The standard InChI is InChI=1S/C23H27N5OS/c1-27(2)13-6-14-30-21-20(15-24)23(22(29)26-21,18-7-5-12-25-16-18)17-8-10-19(11-9-17)28(3)4/h5,7-12,16H,6,13-14H2,1-4H3,(H,26,29). The predicted octanol–water partition coefficient (Wildman–Crippen LogP) is 2.98. The number of nitriles is 1. The average molecular weight is 422 g/mol. The van der Waals surface area contributed by atoms with Gasteiger partial charge in [0.1, 0.15) is 5.41 Å². The molecule has 0 saturated heterocycles. The summed E-state index contributed by atoms with van der Waals surface area (Å²) in [7, 11) is 8.01. The smallest absolute Gasteiger partial charge is 0.245 e. The van der Waals surface area contributed by atoms with Crippen LogP contribution in [0.25, 0.3) is 0 Å². The van der Waals surface area contributed by atoms with Gasteiger partial charge in [0.05, 0.1) is 16.7 Å². The minimum Gasteiger partial charge on any atom is -0.378 e. The van der Waals surface area contributed by atoms with Crippen molar-refractivity contribution in [3.05, 3.63) is 70.5 Å². The minimum atomic E-state index is -1.20. The van der Waals surface area contributed by atoms with E-state index >= 15 is 0 Å². The maximum absolute atomic E-state index is 13.5. The van der Waals surface area contributed by atoms with Crippen LogP contribution >= 0.6 is 11.8 Å². The largest absolute Gasteiger partial charge is 0.378 e. The molecule has 0 radical (unpaired) electrons. The van der Waals surface area contributed by atoms with Crippen molar-refractivity contribution in [2.24, 2.45) is 0 Å². The summed E-state index contributed by atoms with van der Waals surface area (Å²) in [4.78, 5) is 21.8. The van der Waals surface area contributed by atoms with Crippen molar-refractivity contribution in [2.75, 3.05) is 45.4 Å². The number of aromatic nitrogens is 1. The molecule has 0 aliphatic carbocycles. The van der Waals surface area contributed by atoms with Crippen LogP contribution in [0.4, 0.5) is 5.69 Å². The second kappa shape index (κ2) is 9.33. The molecule has 7 heteroatoms. The number of hydrogen-bond acceptors (Lipinski definition) is 6. The summed E-state index contributed by atoms with van der Waals surface area (Å²) in [5.41, 5.74) is 1.73. The highest BCUT2D eigenvalue weighted by Gasteiger charge is 2.52. The van der Waals surface area contributed by atoms with Crippen LogP contribution in [0.2, 0.25) is 0 Å². The zero-order chi connectivity index (χ0) is 21.7. The van der Waals surface area contributed by atoms with Crippen molar-refractivity contribution in [3.8, 4) is 6.07 Å². The molecule has 1 aliphatic rings. The Bertz CT molecular complexity index is 963. The monoisotopic (exact) mass is 421 g/mol. The summed E-state index contributed by atoms with van der Waals surface area (Å²) >= 11 is 1.53. The second-order valence-corrected chi connectivity index (χ2v) is 8.81. The molecule has 1 amide bonds. The molecule has 30 heavy (non-hydrogen) atoms. The topological polar surface area (TPSA) is 72.3 Å². The third-order valence-electron chi connectivity index (χ3n) is 5.19. The Kier molecular flexibility index (Phi) is 6.80. The normalized spacial score (nSPS) is 18.5. The van der Waals surface area contributed by atoms with Crippen molar-refractivity contribution in [1.29, 1.82) is 5.26 Å². The first-order valence-corrected chi connectivity index (χ1v) is 10.8. The van der Waals surface area contributed by atoms with Crippen LogP contribution in [-0.4, -0.2) is 56.3 Å². The van der Waals surface area contributed by atoms with E-state index in [2.05, 4.69) is 21.3 Å². The van der Waals surface area contributed by atoms with Gasteiger partial charge in [0.2, 0.25) is 5.91 Å². The van der Waals surface area contributed by atoms with Crippen molar-refractivity contribution in [1.82, 2.24) is 15.2 Å². The molecule has 0 saturated carbocycles. The lowest BCUT2D eigenvalue weighted by atomic mass is 9.70. The van der Waals surface area contributed by atoms with Gasteiger partial charge >= 0.3 is 0 Å². The van der Waals surface area contributed by atoms with Crippen molar-refractivity contribution < 1.29 is 4.79 Å². The van der Waals surface area contributed by atoms with Gasteiger partial charge in [-0.15, -0.1) is 11.8 Å². The lowest BCUT2D eigenvalue weighted by Crippen LogP contribution is -2.39. The number of pyridine rings is 1. The fraction of sp³-hybridized carbons (Fsp3) is 0.348. The molecular weight excluding hydrogens is 394 g/mol. The number of anilines is 1. The molecule has 1 N–H and O–H groups in total. The SMILES string of the molecule is CN(C)CCCSC1=C(C#N)C(c2ccc(N(C)C)cc2)(c2cccnc2)C(=O)N1. The van der Waals surface area contributed by atoms with Crippen molar-refractivity contribution >= 4 is 23.4 Å². The molecule has 1 aromatic carbocycles. The van der Waals surface area contributed by atoms with E-state index in [-0.39, 0.29) is 5.91 Å². The number of carbonyl (C=O) groups excluding carboxylic acids is 1. The van der Waals surface area contributed by atoms with Crippen LogP contribution in [-0.2, 0) is 10.2 Å². The van der Waals surface area contributed by atoms with Crippen LogP contribution in [0, 0.1) is 11.3 Å². The third kappa shape index (κ3) is 4.07. The van der Waals surface area contributed by atoms with E-state index in [9.17, 15) is 10.1 Å². The van der Waals surface area contributed by atoms with Gasteiger partial charge in [-0.1, -0.05) is 18.2 Å². The molecule has 0 bridgehead atoms. The van der Waals surface area contributed by atoms with E-state index in [1.807, 2.05) is 63.4 Å². The summed E-state index contributed by atoms with van der Waals surface area (Å²) in [5, 5.41) is 13.8. The van der Waals surface area contributed by atoms with E-state index in [4.69, 9.17) is 0 Å². The molecule has 2 heterocycles. The number of amides is 1. The first-order chi connectivity index (χ1) is 14.4. The maximum atomic E-state index is 13.5. The van der Waals surface area contributed by atoms with Gasteiger partial charge in [-0.2, -0.15) is 5.26 Å². The highest BCUT2D eigenvalue weighted by Crippen LogP contribution is 2.46. The van der Waals surface area contributed by atoms with Gasteiger partial charge in [0.15, 0.2) is 0 Å². The summed E-state index contributed by atoms with van der Waals surface area (Å²) in [6.07, 6.45) is 4.31. The number of hydrogen-bond donors (Lipinski definition) is 1. The zero-order valence-electron chi connectivity index (χ0n) is 17.8. The number of carbonyl (C=O) groups is 1.